The Hall–Kier alpha value is -1.36. The Balaban J connectivity index is 1.51. The van der Waals surface area contributed by atoms with E-state index >= 15 is 0 Å². The van der Waals surface area contributed by atoms with E-state index in [0.717, 1.165) is 51.4 Å². The van der Waals surface area contributed by atoms with E-state index in [-0.39, 0.29) is 23.6 Å². The number of rotatable bonds is 6. The van der Waals surface area contributed by atoms with Gasteiger partial charge in [-0.05, 0) is 31.7 Å². The molecule has 0 bridgehead atoms. The molecule has 0 amide bonds. The molecule has 0 spiro atoms. The number of fused-ring (bicyclic) bond motifs is 2. The molecule has 0 heterocycles. The summed E-state index contributed by atoms with van der Waals surface area (Å²) in [5, 5.41) is 6.69. The zero-order chi connectivity index (χ0) is 23.8. The molecule has 2 saturated carbocycles. The number of nitrogens with one attached hydrogen (secondary N) is 2. The van der Waals surface area contributed by atoms with E-state index in [1.807, 2.05) is 0 Å². The first-order valence-corrected chi connectivity index (χ1v) is 14.8. The van der Waals surface area contributed by atoms with Gasteiger partial charge in [-0.15, -0.1) is 0 Å². The maximum Gasteiger partial charge on any atom is 0.390 e. The van der Waals surface area contributed by atoms with E-state index in [9.17, 15) is 9.36 Å². The van der Waals surface area contributed by atoms with Crippen LogP contribution in [0.3, 0.4) is 0 Å². The van der Waals surface area contributed by atoms with E-state index in [4.69, 9.17) is 27.7 Å². The number of benzene rings is 2. The predicted molar refractivity (Wildman–Crippen MR) is 137 cm³/mol. The van der Waals surface area contributed by atoms with Crippen LogP contribution in [0.25, 0.3) is 0 Å². The Labute approximate surface area is 211 Å². The normalized spacial score (nSPS) is 21.1. The number of carbonyl (C=O) groups excluding carboxylic acids is 1. The molecule has 0 radical (unpaired) electrons. The molecular weight excluding hydrogens is 490 g/mol. The highest BCUT2D eigenvalue weighted by Gasteiger charge is 2.44. The summed E-state index contributed by atoms with van der Waals surface area (Å²) in [6.07, 6.45) is 10.7. The first-order chi connectivity index (χ1) is 16.4. The van der Waals surface area contributed by atoms with Crippen molar-refractivity contribution in [3.63, 3.8) is 0 Å². The molecule has 0 aromatic heterocycles. The van der Waals surface area contributed by atoms with E-state index in [1.165, 1.54) is 12.8 Å². The monoisotopic (exact) mass is 520 g/mol. The molecule has 0 aliphatic heterocycles. The summed E-state index contributed by atoms with van der Waals surface area (Å²) in [5.74, 6) is 0.114. The third-order valence-electron chi connectivity index (χ3n) is 7.24. The standard InChI is InChI=1S/C26H31Cl2N2O3P/c27-26(28)22-16-8-7-14-20(22)25(31)21-15-9-17-23(24(21)26)33-34(32,29-18-10-3-1-4-11-18)30-19-12-5-2-6-13-19/h7-9,14-19H,1-6,10-13H2,(H2,29,30,32). The van der Waals surface area contributed by atoms with Crippen molar-refractivity contribution in [1.29, 1.82) is 0 Å². The van der Waals surface area contributed by atoms with Crippen LogP contribution in [0.2, 0.25) is 0 Å². The van der Waals surface area contributed by atoms with Crippen LogP contribution in [0.4, 0.5) is 0 Å². The van der Waals surface area contributed by atoms with Crippen LogP contribution in [0, 0.1) is 0 Å². The van der Waals surface area contributed by atoms with Gasteiger partial charge in [0.25, 0.3) is 0 Å². The lowest BCUT2D eigenvalue weighted by molar-refractivity contribution is 0.103. The van der Waals surface area contributed by atoms with Crippen molar-refractivity contribution in [3.8, 4) is 5.75 Å². The Bertz CT molecular complexity index is 1090. The van der Waals surface area contributed by atoms with Crippen molar-refractivity contribution in [2.45, 2.75) is 80.6 Å². The predicted octanol–water partition coefficient (Wildman–Crippen LogP) is 7.24. The third kappa shape index (κ3) is 4.83. The second-order valence-electron chi connectivity index (χ2n) is 9.70. The lowest BCUT2D eigenvalue weighted by Gasteiger charge is -2.35. The second-order valence-corrected chi connectivity index (χ2v) is 12.8. The molecule has 3 aliphatic rings. The van der Waals surface area contributed by atoms with Crippen molar-refractivity contribution in [1.82, 2.24) is 10.2 Å². The molecule has 2 fully saturated rings. The van der Waals surface area contributed by atoms with Gasteiger partial charge in [0.1, 0.15) is 5.75 Å². The molecule has 0 unspecified atom stereocenters. The maximum absolute atomic E-state index is 14.3. The van der Waals surface area contributed by atoms with E-state index in [2.05, 4.69) is 10.2 Å². The zero-order valence-corrected chi connectivity index (χ0v) is 21.6. The van der Waals surface area contributed by atoms with Crippen molar-refractivity contribution < 1.29 is 13.9 Å². The van der Waals surface area contributed by atoms with E-state index in [1.54, 1.807) is 42.5 Å². The SMILES string of the molecule is O=C1c2ccccc2C(Cl)(Cl)c2c(OP(=O)(NC3CCCCC3)NC3CCCCC3)cccc21. The van der Waals surface area contributed by atoms with Crippen LogP contribution >= 0.6 is 30.9 Å². The van der Waals surface area contributed by atoms with Gasteiger partial charge in [0.05, 0.1) is 0 Å². The van der Waals surface area contributed by atoms with Crippen molar-refractivity contribution in [2.75, 3.05) is 0 Å². The molecule has 8 heteroatoms. The third-order valence-corrected chi connectivity index (χ3v) is 9.89. The number of hydrogen-bond donors (Lipinski definition) is 2. The summed E-state index contributed by atoms with van der Waals surface area (Å²) < 4.78 is 19.1. The molecule has 0 atom stereocenters. The van der Waals surface area contributed by atoms with Gasteiger partial charge in [-0.1, -0.05) is 98.1 Å². The van der Waals surface area contributed by atoms with E-state index in [0.29, 0.717) is 22.3 Å². The van der Waals surface area contributed by atoms with Gasteiger partial charge in [-0.2, -0.15) is 0 Å². The smallest absolute Gasteiger partial charge is 0.390 e. The first kappa shape index (κ1) is 24.3. The van der Waals surface area contributed by atoms with Crippen LogP contribution in [0.5, 0.6) is 5.75 Å². The molecule has 182 valence electrons. The van der Waals surface area contributed by atoms with Crippen molar-refractivity contribution >= 4 is 36.7 Å². The van der Waals surface area contributed by atoms with E-state index < -0.39 is 12.0 Å². The van der Waals surface area contributed by atoms with Crippen LogP contribution in [0.15, 0.2) is 42.5 Å². The van der Waals surface area contributed by atoms with Gasteiger partial charge < -0.3 is 4.52 Å². The van der Waals surface area contributed by atoms with Crippen molar-refractivity contribution in [3.05, 3.63) is 64.7 Å². The van der Waals surface area contributed by atoms with Gasteiger partial charge in [0.2, 0.25) is 0 Å². The maximum atomic E-state index is 14.3. The van der Waals surface area contributed by atoms with Gasteiger partial charge in [0.15, 0.2) is 10.1 Å². The van der Waals surface area contributed by atoms with Gasteiger partial charge in [0, 0.05) is 34.3 Å². The molecular formula is C26H31Cl2N2O3P. The Morgan fingerprint density at radius 2 is 1.35 bits per heavy atom. The largest absolute Gasteiger partial charge is 0.422 e. The fraction of sp³-hybridized carbons (Fsp3) is 0.500. The Morgan fingerprint density at radius 1 is 0.794 bits per heavy atom. The highest BCUT2D eigenvalue weighted by Crippen LogP contribution is 2.54. The molecule has 5 rings (SSSR count). The van der Waals surface area contributed by atoms with Gasteiger partial charge in [-0.25, -0.2) is 14.7 Å². The highest BCUT2D eigenvalue weighted by atomic mass is 35.5. The second kappa shape index (κ2) is 9.95. The highest BCUT2D eigenvalue weighted by molar-refractivity contribution is 7.55. The fourth-order valence-electron chi connectivity index (χ4n) is 5.53. The number of halogens is 2. The molecule has 2 aromatic rings. The number of alkyl halides is 2. The molecule has 5 nitrogen and oxygen atoms in total. The lowest BCUT2D eigenvalue weighted by atomic mass is 9.84. The summed E-state index contributed by atoms with van der Waals surface area (Å²) in [5.41, 5.74) is 1.73. The molecule has 34 heavy (non-hydrogen) atoms. The average molecular weight is 521 g/mol. The summed E-state index contributed by atoms with van der Waals surface area (Å²) in [6.45, 7) is 0. The average Bonchev–Trinajstić information content (AvgIpc) is 2.83. The first-order valence-electron chi connectivity index (χ1n) is 12.4. The summed E-state index contributed by atoms with van der Waals surface area (Å²) >= 11 is 13.8. The lowest BCUT2D eigenvalue weighted by Crippen LogP contribution is -2.40. The summed E-state index contributed by atoms with van der Waals surface area (Å²) in [4.78, 5) is 13.3. The molecule has 2 N–H and O–H groups in total. The minimum Gasteiger partial charge on any atom is -0.422 e. The Morgan fingerprint density at radius 3 is 1.97 bits per heavy atom. The molecule has 3 aliphatic carbocycles. The van der Waals surface area contributed by atoms with Crippen LogP contribution in [-0.4, -0.2) is 17.9 Å². The van der Waals surface area contributed by atoms with Gasteiger partial charge >= 0.3 is 7.67 Å². The Kier molecular flexibility index (Phi) is 7.12. The number of ketones is 1. The fourth-order valence-corrected chi connectivity index (χ4v) is 8.33. The van der Waals surface area contributed by atoms with Crippen molar-refractivity contribution in [2.24, 2.45) is 0 Å². The van der Waals surface area contributed by atoms with Gasteiger partial charge in [-0.3, -0.25) is 4.79 Å². The summed E-state index contributed by atoms with van der Waals surface area (Å²) in [7, 11) is -3.51. The summed E-state index contributed by atoms with van der Waals surface area (Å²) in [6, 6.07) is 12.5. The van der Waals surface area contributed by atoms with Crippen LogP contribution < -0.4 is 14.7 Å². The molecule has 0 saturated heterocycles. The zero-order valence-electron chi connectivity index (χ0n) is 19.2. The van der Waals surface area contributed by atoms with Crippen LogP contribution in [0.1, 0.15) is 91.3 Å². The number of hydrogen-bond acceptors (Lipinski definition) is 3. The molecule has 2 aromatic carbocycles. The topological polar surface area (TPSA) is 67.4 Å². The number of carbonyl (C=O) groups is 1. The van der Waals surface area contributed by atoms with Crippen LogP contribution in [-0.2, 0) is 8.90 Å². The minimum absolute atomic E-state index is 0.120. The minimum atomic E-state index is -3.51. The quantitative estimate of drug-likeness (QED) is 0.310.